The van der Waals surface area contributed by atoms with Crippen molar-refractivity contribution in [2.75, 3.05) is 69.0 Å². The van der Waals surface area contributed by atoms with Gasteiger partial charge in [-0.15, -0.1) is 0 Å². The van der Waals surface area contributed by atoms with E-state index >= 15 is 0 Å². The molecule has 0 spiro atoms. The molecule has 3 fully saturated rings. The van der Waals surface area contributed by atoms with E-state index in [-0.39, 0.29) is 0 Å². The Bertz CT molecular complexity index is 1720. The number of piperidine rings is 1. The molecular weight excluding hydrogens is 560 g/mol. The summed E-state index contributed by atoms with van der Waals surface area (Å²) in [6, 6.07) is 12.6. The zero-order valence-electron chi connectivity index (χ0n) is 25.2. The molecule has 2 saturated heterocycles. The summed E-state index contributed by atoms with van der Waals surface area (Å²) in [5, 5.41) is 4.31. The molecule has 0 aromatic carbocycles. The number of hydrogen-bond donors (Lipinski definition) is 1. The summed E-state index contributed by atoms with van der Waals surface area (Å²) in [7, 11) is -0.111. The molecule has 43 heavy (non-hydrogen) atoms. The standard InChI is InChI=1S/C31H40N10OS/c1-38-15-17-39(18-16-38)25-11-13-40(14-12-25)28-10-9-24(21-32-28)34-31-33-20-23-19-26(22-7-8-22)41(30(23)36-31)29-6-4-5-27(35-29)37-43(2,3)42/h4-6,9-10,19-22,25H,7-8,11-18H2,1-3H3,(H,33,34,36). The summed E-state index contributed by atoms with van der Waals surface area (Å²) in [6.07, 6.45) is 11.6. The maximum Gasteiger partial charge on any atom is 0.229 e. The van der Waals surface area contributed by atoms with E-state index in [1.165, 1.54) is 44.7 Å². The molecule has 1 N–H and O–H groups in total. The van der Waals surface area contributed by atoms with Crippen molar-refractivity contribution in [3.05, 3.63) is 54.5 Å². The molecular formula is C31H40N10OS. The summed E-state index contributed by atoms with van der Waals surface area (Å²) in [4.78, 5) is 26.5. The minimum absolute atomic E-state index is 0.457. The average molecular weight is 601 g/mol. The van der Waals surface area contributed by atoms with Gasteiger partial charge in [-0.3, -0.25) is 9.47 Å². The van der Waals surface area contributed by atoms with Crippen LogP contribution in [0.25, 0.3) is 16.9 Å². The highest BCUT2D eigenvalue weighted by Crippen LogP contribution is 2.43. The molecule has 3 aliphatic rings. The lowest BCUT2D eigenvalue weighted by Crippen LogP contribution is -2.52. The molecule has 1 saturated carbocycles. The van der Waals surface area contributed by atoms with Crippen LogP contribution >= 0.6 is 0 Å². The summed E-state index contributed by atoms with van der Waals surface area (Å²) in [5.74, 6) is 3.16. The van der Waals surface area contributed by atoms with Gasteiger partial charge in [-0.05, 0) is 69.0 Å². The molecule has 11 nitrogen and oxygen atoms in total. The molecule has 0 amide bonds. The van der Waals surface area contributed by atoms with Crippen LogP contribution in [0.4, 0.5) is 23.3 Å². The predicted octanol–water partition coefficient (Wildman–Crippen LogP) is 4.41. The Kier molecular flexibility index (Phi) is 7.52. The van der Waals surface area contributed by atoms with Crippen LogP contribution in [0.2, 0.25) is 0 Å². The summed E-state index contributed by atoms with van der Waals surface area (Å²) >= 11 is 0. The Balaban J connectivity index is 1.08. The highest BCUT2D eigenvalue weighted by molar-refractivity contribution is 7.92. The fraction of sp³-hybridized carbons (Fsp3) is 0.484. The van der Waals surface area contributed by atoms with Gasteiger partial charge in [-0.1, -0.05) is 6.07 Å². The Hall–Kier alpha value is -3.61. The highest BCUT2D eigenvalue weighted by Gasteiger charge is 2.30. The number of aromatic nitrogens is 5. The van der Waals surface area contributed by atoms with E-state index in [0.29, 0.717) is 29.5 Å². The Labute approximate surface area is 253 Å². The van der Waals surface area contributed by atoms with Crippen molar-refractivity contribution in [3.63, 3.8) is 0 Å². The summed E-state index contributed by atoms with van der Waals surface area (Å²) in [6.45, 7) is 6.77. The van der Waals surface area contributed by atoms with Crippen molar-refractivity contribution < 1.29 is 4.21 Å². The second kappa shape index (κ2) is 11.5. The van der Waals surface area contributed by atoms with E-state index in [9.17, 15) is 4.21 Å². The molecule has 0 unspecified atom stereocenters. The van der Waals surface area contributed by atoms with Gasteiger partial charge in [-0.25, -0.2) is 19.2 Å². The predicted molar refractivity (Wildman–Crippen MR) is 173 cm³/mol. The van der Waals surface area contributed by atoms with Crippen LogP contribution in [-0.2, 0) is 9.73 Å². The van der Waals surface area contributed by atoms with Gasteiger partial charge in [0, 0.05) is 84.8 Å². The van der Waals surface area contributed by atoms with E-state index in [2.05, 4.69) is 59.2 Å². The molecule has 4 aromatic heterocycles. The number of nitrogens with one attached hydrogen (secondary N) is 1. The summed E-state index contributed by atoms with van der Waals surface area (Å²) in [5.41, 5.74) is 2.79. The maximum absolute atomic E-state index is 12.3. The van der Waals surface area contributed by atoms with Crippen LogP contribution in [0, 0.1) is 0 Å². The number of nitrogens with zero attached hydrogens (tertiary/aromatic N) is 9. The number of rotatable bonds is 7. The van der Waals surface area contributed by atoms with Crippen molar-refractivity contribution >= 4 is 44.0 Å². The zero-order valence-corrected chi connectivity index (χ0v) is 26.0. The minimum atomic E-state index is -2.32. The van der Waals surface area contributed by atoms with E-state index in [1.54, 1.807) is 18.6 Å². The van der Waals surface area contributed by atoms with Gasteiger partial charge in [0.2, 0.25) is 5.95 Å². The maximum atomic E-state index is 12.3. The fourth-order valence-electron chi connectivity index (χ4n) is 6.23. The van der Waals surface area contributed by atoms with Gasteiger partial charge in [-0.2, -0.15) is 9.35 Å². The number of piperazine rings is 1. The molecule has 7 rings (SSSR count). The first-order chi connectivity index (χ1) is 20.8. The monoisotopic (exact) mass is 600 g/mol. The molecule has 0 atom stereocenters. The molecule has 1 aliphatic carbocycles. The topological polar surface area (TPSA) is 108 Å². The highest BCUT2D eigenvalue weighted by atomic mass is 32.2. The van der Waals surface area contributed by atoms with E-state index in [4.69, 9.17) is 15.0 Å². The van der Waals surface area contributed by atoms with Crippen LogP contribution in [0.5, 0.6) is 0 Å². The van der Waals surface area contributed by atoms with Gasteiger partial charge < -0.3 is 15.1 Å². The van der Waals surface area contributed by atoms with Crippen molar-refractivity contribution in [2.45, 2.75) is 37.6 Å². The second-order valence-electron chi connectivity index (χ2n) is 12.4. The molecule has 0 bridgehead atoms. The van der Waals surface area contributed by atoms with Crippen molar-refractivity contribution in [1.29, 1.82) is 0 Å². The third-order valence-electron chi connectivity index (χ3n) is 8.67. The van der Waals surface area contributed by atoms with Crippen LogP contribution < -0.4 is 10.2 Å². The number of likely N-dealkylation sites (N-methyl/N-ethyl adjacent to an activating group) is 1. The normalized spacial score (nSPS) is 19.2. The Morgan fingerprint density at radius 1 is 0.884 bits per heavy atom. The molecule has 226 valence electrons. The largest absolute Gasteiger partial charge is 0.357 e. The van der Waals surface area contributed by atoms with Gasteiger partial charge in [0.15, 0.2) is 11.5 Å². The zero-order chi connectivity index (χ0) is 29.6. The van der Waals surface area contributed by atoms with Crippen molar-refractivity contribution in [1.82, 2.24) is 34.3 Å². The van der Waals surface area contributed by atoms with Crippen molar-refractivity contribution in [3.8, 4) is 5.82 Å². The first-order valence-corrected chi connectivity index (χ1v) is 17.6. The van der Waals surface area contributed by atoms with E-state index in [0.717, 1.165) is 48.5 Å². The average Bonchev–Trinajstić information content (AvgIpc) is 3.77. The van der Waals surface area contributed by atoms with E-state index in [1.807, 2.05) is 24.5 Å². The molecule has 4 aromatic rings. The number of hydrogen-bond acceptors (Lipinski definition) is 10. The van der Waals surface area contributed by atoms with Crippen LogP contribution in [-0.4, -0.2) is 103 Å². The van der Waals surface area contributed by atoms with Crippen LogP contribution in [0.15, 0.2) is 53.2 Å². The van der Waals surface area contributed by atoms with Gasteiger partial charge >= 0.3 is 0 Å². The SMILES string of the molecule is CN1CCN(C2CCN(c3ccc(Nc4ncc5cc(C6CC6)n(-c6cccc(N=S(C)(C)=O)n6)c5n4)cn3)CC2)CC1. The molecule has 0 radical (unpaired) electrons. The Morgan fingerprint density at radius 2 is 1.67 bits per heavy atom. The molecule has 12 heteroatoms. The third kappa shape index (κ3) is 6.36. The number of pyridine rings is 2. The quantitative estimate of drug-likeness (QED) is 0.330. The summed E-state index contributed by atoms with van der Waals surface area (Å²) < 4.78 is 18.7. The lowest BCUT2D eigenvalue weighted by Gasteiger charge is -2.42. The van der Waals surface area contributed by atoms with Crippen LogP contribution in [0.1, 0.15) is 37.3 Å². The van der Waals surface area contributed by atoms with Gasteiger partial charge in [0.05, 0.1) is 11.9 Å². The van der Waals surface area contributed by atoms with E-state index < -0.39 is 9.73 Å². The lowest BCUT2D eigenvalue weighted by molar-refractivity contribution is 0.0981. The fourth-order valence-corrected chi connectivity index (χ4v) is 6.78. The third-order valence-corrected chi connectivity index (χ3v) is 9.30. The van der Waals surface area contributed by atoms with Gasteiger partial charge in [0.1, 0.15) is 11.6 Å². The first-order valence-electron chi connectivity index (χ1n) is 15.2. The smallest absolute Gasteiger partial charge is 0.229 e. The lowest BCUT2D eigenvalue weighted by atomic mass is 10.0. The molecule has 6 heterocycles. The van der Waals surface area contributed by atoms with Crippen molar-refractivity contribution in [2.24, 2.45) is 4.36 Å². The second-order valence-corrected chi connectivity index (χ2v) is 14.9. The molecule has 2 aliphatic heterocycles. The Morgan fingerprint density at radius 3 is 2.37 bits per heavy atom. The number of anilines is 3. The number of fused-ring (bicyclic) bond motifs is 1. The van der Waals surface area contributed by atoms with Crippen LogP contribution in [0.3, 0.4) is 0 Å². The minimum Gasteiger partial charge on any atom is -0.357 e. The first kappa shape index (κ1) is 28.2. The van der Waals surface area contributed by atoms with Gasteiger partial charge in [0.25, 0.3) is 0 Å².